The van der Waals surface area contributed by atoms with Crippen LogP contribution in [0.4, 0.5) is 0 Å². The first kappa shape index (κ1) is 17.5. The second kappa shape index (κ2) is 7.12. The van der Waals surface area contributed by atoms with Crippen LogP contribution < -0.4 is 11.1 Å². The summed E-state index contributed by atoms with van der Waals surface area (Å²) >= 11 is 0. The highest BCUT2D eigenvalue weighted by atomic mass is 32.2. The Hall–Kier alpha value is -1.90. The van der Waals surface area contributed by atoms with Crippen LogP contribution in [0.1, 0.15) is 12.8 Å². The minimum absolute atomic E-state index is 0.0147. The van der Waals surface area contributed by atoms with E-state index in [9.17, 15) is 18.3 Å². The maximum absolute atomic E-state index is 12.7. The lowest BCUT2D eigenvalue weighted by Crippen LogP contribution is -2.50. The van der Waals surface area contributed by atoms with Crippen LogP contribution in [0.15, 0.2) is 47.6 Å². The summed E-state index contributed by atoms with van der Waals surface area (Å²) in [5.74, 6) is -0.732. The Balaban J connectivity index is 2.20. The summed E-state index contributed by atoms with van der Waals surface area (Å²) in [7, 11) is -3.74. The van der Waals surface area contributed by atoms with Gasteiger partial charge in [-0.3, -0.25) is 4.79 Å². The summed E-state index contributed by atoms with van der Waals surface area (Å²) in [6, 6.07) is 6.40. The van der Waals surface area contributed by atoms with Crippen molar-refractivity contribution in [3.8, 4) is 0 Å². The molecule has 2 rings (SSSR count). The van der Waals surface area contributed by atoms with Gasteiger partial charge in [-0.2, -0.15) is 4.31 Å². The normalized spacial score (nSPS) is 20.1. The monoisotopic (exact) mass is 339 g/mol. The quantitative estimate of drug-likeness (QED) is 0.648. The number of nitrogens with two attached hydrogens (primary N) is 1. The molecule has 1 aliphatic heterocycles. The Morgan fingerprint density at radius 3 is 2.65 bits per heavy atom. The molecule has 126 valence electrons. The number of carbonyl (C=O) groups is 1. The number of nitrogens with one attached hydrogen (secondary N) is 1. The smallest absolute Gasteiger partial charge is 0.243 e. The van der Waals surface area contributed by atoms with Crippen molar-refractivity contribution < 1.29 is 18.3 Å². The van der Waals surface area contributed by atoms with Gasteiger partial charge < -0.3 is 16.2 Å². The zero-order chi connectivity index (χ0) is 17.0. The van der Waals surface area contributed by atoms with Crippen molar-refractivity contribution in [3.63, 3.8) is 0 Å². The second-order valence-electron chi connectivity index (χ2n) is 5.38. The summed E-state index contributed by atoms with van der Waals surface area (Å²) < 4.78 is 26.6. The molecular weight excluding hydrogens is 318 g/mol. The fourth-order valence-corrected chi connectivity index (χ4v) is 4.24. The average Bonchev–Trinajstić information content (AvgIpc) is 3.03. The van der Waals surface area contributed by atoms with Crippen molar-refractivity contribution in [2.45, 2.75) is 29.8 Å². The first-order valence-electron chi connectivity index (χ1n) is 7.33. The van der Waals surface area contributed by atoms with Crippen LogP contribution >= 0.6 is 0 Å². The number of benzene rings is 1. The molecule has 1 heterocycles. The molecule has 1 aromatic rings. The number of aliphatic hydroxyl groups excluding tert-OH is 1. The summed E-state index contributed by atoms with van der Waals surface area (Å²) in [6.45, 7) is 3.62. The van der Waals surface area contributed by atoms with Crippen LogP contribution in [0, 0.1) is 0 Å². The molecule has 0 unspecified atom stereocenters. The lowest BCUT2D eigenvalue weighted by atomic mass is 10.2. The van der Waals surface area contributed by atoms with E-state index in [1.54, 1.807) is 18.2 Å². The third-order valence-electron chi connectivity index (χ3n) is 3.81. The van der Waals surface area contributed by atoms with Gasteiger partial charge in [0.25, 0.3) is 0 Å². The Morgan fingerprint density at radius 2 is 2.09 bits per heavy atom. The Labute approximate surface area is 135 Å². The summed E-state index contributed by atoms with van der Waals surface area (Å²) in [5.41, 5.74) is 5.46. The minimum atomic E-state index is -3.74. The van der Waals surface area contributed by atoms with E-state index in [1.165, 1.54) is 16.4 Å². The zero-order valence-electron chi connectivity index (χ0n) is 12.7. The predicted molar refractivity (Wildman–Crippen MR) is 86.1 cm³/mol. The van der Waals surface area contributed by atoms with Crippen LogP contribution in [0.2, 0.25) is 0 Å². The molecule has 1 fully saturated rings. The number of amides is 1. The van der Waals surface area contributed by atoms with E-state index in [0.717, 1.165) is 0 Å². The van der Waals surface area contributed by atoms with Gasteiger partial charge >= 0.3 is 0 Å². The van der Waals surface area contributed by atoms with Crippen molar-refractivity contribution in [2.24, 2.45) is 5.73 Å². The van der Waals surface area contributed by atoms with Gasteiger partial charge in [0.15, 0.2) is 0 Å². The Kier molecular flexibility index (Phi) is 5.40. The van der Waals surface area contributed by atoms with Gasteiger partial charge in [0.1, 0.15) is 11.8 Å². The van der Waals surface area contributed by atoms with E-state index < -0.39 is 28.0 Å². The Morgan fingerprint density at radius 1 is 1.43 bits per heavy atom. The zero-order valence-corrected chi connectivity index (χ0v) is 13.5. The van der Waals surface area contributed by atoms with E-state index in [4.69, 9.17) is 5.73 Å². The summed E-state index contributed by atoms with van der Waals surface area (Å²) in [5, 5.41) is 11.9. The first-order chi connectivity index (χ1) is 10.9. The number of hydrogen-bond donors (Lipinski definition) is 3. The SMILES string of the molecule is C=C(O)[C@H](CN)NC(=O)[C@@H]1CCCN1S(=O)(=O)c1ccccc1. The molecule has 0 spiro atoms. The summed E-state index contributed by atoms with van der Waals surface area (Å²) in [6.07, 6.45) is 1.02. The fourth-order valence-electron chi connectivity index (χ4n) is 2.56. The van der Waals surface area contributed by atoms with Crippen LogP contribution in [0.25, 0.3) is 0 Å². The molecule has 0 saturated carbocycles. The number of rotatable bonds is 6. The lowest BCUT2D eigenvalue weighted by molar-refractivity contribution is -0.124. The highest BCUT2D eigenvalue weighted by Crippen LogP contribution is 2.26. The van der Waals surface area contributed by atoms with Crippen molar-refractivity contribution in [1.82, 2.24) is 9.62 Å². The third-order valence-corrected chi connectivity index (χ3v) is 5.73. The molecule has 1 aromatic carbocycles. The third kappa shape index (κ3) is 3.72. The largest absolute Gasteiger partial charge is 0.511 e. The van der Waals surface area contributed by atoms with Crippen molar-refractivity contribution in [2.75, 3.05) is 13.1 Å². The van der Waals surface area contributed by atoms with Gasteiger partial charge in [0.05, 0.1) is 10.9 Å². The average molecular weight is 339 g/mol. The highest BCUT2D eigenvalue weighted by Gasteiger charge is 2.39. The number of hydrogen-bond acceptors (Lipinski definition) is 5. The van der Waals surface area contributed by atoms with Gasteiger partial charge in [-0.15, -0.1) is 0 Å². The number of nitrogens with zero attached hydrogens (tertiary/aromatic N) is 1. The second-order valence-corrected chi connectivity index (χ2v) is 7.27. The molecule has 0 aromatic heterocycles. The molecule has 1 amide bonds. The van der Waals surface area contributed by atoms with Crippen molar-refractivity contribution in [1.29, 1.82) is 0 Å². The molecular formula is C15H21N3O4S. The number of carbonyl (C=O) groups excluding carboxylic acids is 1. The Bertz CT molecular complexity index is 675. The van der Waals surface area contributed by atoms with Crippen LogP contribution in [-0.2, 0) is 14.8 Å². The van der Waals surface area contributed by atoms with Crippen LogP contribution in [0.5, 0.6) is 0 Å². The summed E-state index contributed by atoms with van der Waals surface area (Å²) in [4.78, 5) is 12.5. The predicted octanol–water partition coefficient (Wildman–Crippen LogP) is 0.355. The van der Waals surface area contributed by atoms with Gasteiger partial charge in [-0.05, 0) is 25.0 Å². The number of aliphatic hydroxyl groups is 1. The highest BCUT2D eigenvalue weighted by molar-refractivity contribution is 7.89. The van der Waals surface area contributed by atoms with E-state index in [-0.39, 0.29) is 23.7 Å². The van der Waals surface area contributed by atoms with Crippen molar-refractivity contribution >= 4 is 15.9 Å². The molecule has 1 aliphatic rings. The molecule has 8 heteroatoms. The fraction of sp³-hybridized carbons (Fsp3) is 0.400. The molecule has 4 N–H and O–H groups in total. The molecule has 0 aliphatic carbocycles. The topological polar surface area (TPSA) is 113 Å². The number of sulfonamides is 1. The standard InChI is InChI=1S/C15H21N3O4S/c1-11(19)13(10-16)17-15(20)14-8-5-9-18(14)23(21,22)12-6-3-2-4-7-12/h2-4,6-7,13-14,19H,1,5,8-10,16H2,(H,17,20)/t13-,14-/m0/s1. The van der Waals surface area contributed by atoms with E-state index >= 15 is 0 Å². The van der Waals surface area contributed by atoms with Crippen LogP contribution in [0.3, 0.4) is 0 Å². The molecule has 2 atom stereocenters. The van der Waals surface area contributed by atoms with Crippen LogP contribution in [-0.4, -0.2) is 48.9 Å². The van der Waals surface area contributed by atoms with Gasteiger partial charge in [0, 0.05) is 13.1 Å². The van der Waals surface area contributed by atoms with Gasteiger partial charge in [-0.25, -0.2) is 8.42 Å². The molecule has 23 heavy (non-hydrogen) atoms. The minimum Gasteiger partial charge on any atom is -0.511 e. The van der Waals surface area contributed by atoms with Gasteiger partial charge in [0.2, 0.25) is 15.9 Å². The lowest BCUT2D eigenvalue weighted by Gasteiger charge is -2.25. The first-order valence-corrected chi connectivity index (χ1v) is 8.77. The maximum atomic E-state index is 12.7. The maximum Gasteiger partial charge on any atom is 0.243 e. The molecule has 1 saturated heterocycles. The van der Waals surface area contributed by atoms with E-state index in [0.29, 0.717) is 12.8 Å². The molecule has 0 radical (unpaired) electrons. The molecule has 0 bridgehead atoms. The van der Waals surface area contributed by atoms with Gasteiger partial charge in [-0.1, -0.05) is 24.8 Å². The molecule has 7 nitrogen and oxygen atoms in total. The van der Waals surface area contributed by atoms with E-state index in [1.807, 2.05) is 0 Å². The van der Waals surface area contributed by atoms with E-state index in [2.05, 4.69) is 11.9 Å². The van der Waals surface area contributed by atoms with Crippen molar-refractivity contribution in [3.05, 3.63) is 42.7 Å².